The average molecular weight is 285 g/mol. The largest absolute Gasteiger partial charge is 0.336 e. The molecule has 3 saturated heterocycles. The summed E-state index contributed by atoms with van der Waals surface area (Å²) in [5.41, 5.74) is 0.826. The van der Waals surface area contributed by atoms with Gasteiger partial charge in [0.1, 0.15) is 0 Å². The summed E-state index contributed by atoms with van der Waals surface area (Å²) >= 11 is 0. The lowest BCUT2D eigenvalue weighted by atomic mass is 9.75. The fourth-order valence-electron chi connectivity index (χ4n) is 3.57. The number of carbonyl (C=O) groups is 1. The maximum absolute atomic E-state index is 11.9. The van der Waals surface area contributed by atoms with Crippen molar-refractivity contribution in [2.75, 3.05) is 25.0 Å². The molecule has 0 radical (unpaired) electrons. The SMILES string of the molecule is C=CC1CN2CCC1CC2CNC(=O)Nc1ccccc1. The van der Waals surface area contributed by atoms with Crippen LogP contribution in [0.3, 0.4) is 0 Å². The molecule has 112 valence electrons. The van der Waals surface area contributed by atoms with Crippen LogP contribution in [0.2, 0.25) is 0 Å². The van der Waals surface area contributed by atoms with Gasteiger partial charge in [0.2, 0.25) is 0 Å². The van der Waals surface area contributed by atoms with Crippen molar-refractivity contribution in [3.8, 4) is 0 Å². The van der Waals surface area contributed by atoms with Gasteiger partial charge in [-0.2, -0.15) is 0 Å². The van der Waals surface area contributed by atoms with Crippen LogP contribution in [0, 0.1) is 11.8 Å². The Bertz CT molecular complexity index is 502. The fourth-order valence-corrected chi connectivity index (χ4v) is 3.57. The van der Waals surface area contributed by atoms with E-state index < -0.39 is 0 Å². The van der Waals surface area contributed by atoms with Gasteiger partial charge in [-0.3, -0.25) is 4.90 Å². The predicted molar refractivity (Wildman–Crippen MR) is 85.2 cm³/mol. The van der Waals surface area contributed by atoms with E-state index in [-0.39, 0.29) is 6.03 Å². The van der Waals surface area contributed by atoms with Gasteiger partial charge in [0.25, 0.3) is 0 Å². The quantitative estimate of drug-likeness (QED) is 0.835. The zero-order valence-electron chi connectivity index (χ0n) is 12.3. The number of nitrogens with zero attached hydrogens (tertiary/aromatic N) is 1. The second-order valence-corrected chi connectivity index (χ2v) is 6.03. The van der Waals surface area contributed by atoms with E-state index >= 15 is 0 Å². The maximum Gasteiger partial charge on any atom is 0.319 e. The third-order valence-electron chi connectivity index (χ3n) is 4.76. The summed E-state index contributed by atoms with van der Waals surface area (Å²) in [5, 5.41) is 5.86. The van der Waals surface area contributed by atoms with Crippen molar-refractivity contribution in [1.82, 2.24) is 10.2 Å². The standard InChI is InChI=1S/C17H23N3O/c1-2-13-12-20-9-8-14(13)10-16(20)11-18-17(21)19-15-6-4-3-5-7-15/h2-7,13-14,16H,1,8-12H2,(H2,18,19,21). The van der Waals surface area contributed by atoms with Gasteiger partial charge in [-0.05, 0) is 43.4 Å². The van der Waals surface area contributed by atoms with Crippen LogP contribution in [0.5, 0.6) is 0 Å². The molecule has 1 aromatic rings. The number of rotatable bonds is 4. The first-order valence-corrected chi connectivity index (χ1v) is 7.73. The Balaban J connectivity index is 1.48. The molecule has 0 aliphatic carbocycles. The molecule has 0 saturated carbocycles. The number of amides is 2. The van der Waals surface area contributed by atoms with E-state index in [1.807, 2.05) is 30.3 Å². The first-order valence-electron chi connectivity index (χ1n) is 7.73. The Morgan fingerprint density at radius 3 is 2.86 bits per heavy atom. The van der Waals surface area contributed by atoms with Gasteiger partial charge < -0.3 is 10.6 Å². The molecule has 2 N–H and O–H groups in total. The van der Waals surface area contributed by atoms with Crippen LogP contribution in [0.25, 0.3) is 0 Å². The molecular weight excluding hydrogens is 262 g/mol. The van der Waals surface area contributed by atoms with Crippen molar-refractivity contribution < 1.29 is 4.79 Å². The molecule has 0 aromatic heterocycles. The first kappa shape index (κ1) is 14.1. The van der Waals surface area contributed by atoms with E-state index in [2.05, 4.69) is 28.2 Å². The molecule has 2 amide bonds. The van der Waals surface area contributed by atoms with Crippen LogP contribution >= 0.6 is 0 Å². The number of anilines is 1. The highest BCUT2D eigenvalue weighted by Crippen LogP contribution is 2.36. The van der Waals surface area contributed by atoms with Crippen LogP contribution in [-0.2, 0) is 0 Å². The molecule has 4 heteroatoms. The summed E-state index contributed by atoms with van der Waals surface area (Å²) in [6, 6.07) is 9.89. The van der Waals surface area contributed by atoms with Crippen molar-refractivity contribution in [3.05, 3.63) is 43.0 Å². The molecule has 21 heavy (non-hydrogen) atoms. The van der Waals surface area contributed by atoms with E-state index in [9.17, 15) is 4.79 Å². The number of nitrogens with one attached hydrogen (secondary N) is 2. The number of carbonyl (C=O) groups excluding carboxylic acids is 1. The molecule has 4 nitrogen and oxygen atoms in total. The predicted octanol–water partition coefficient (Wildman–Crippen LogP) is 2.70. The van der Waals surface area contributed by atoms with Crippen molar-refractivity contribution in [1.29, 1.82) is 0 Å². The third kappa shape index (κ3) is 3.27. The lowest BCUT2D eigenvalue weighted by molar-refractivity contribution is 0.0209. The number of urea groups is 1. The number of hydrogen-bond acceptors (Lipinski definition) is 2. The number of fused-ring (bicyclic) bond motifs is 3. The molecule has 4 atom stereocenters. The Kier molecular flexibility index (Phi) is 4.25. The molecule has 1 aromatic carbocycles. The first-order chi connectivity index (χ1) is 10.3. The molecule has 2 bridgehead atoms. The lowest BCUT2D eigenvalue weighted by Gasteiger charge is -2.49. The zero-order valence-corrected chi connectivity index (χ0v) is 12.3. The van der Waals surface area contributed by atoms with Crippen LogP contribution < -0.4 is 10.6 Å². The van der Waals surface area contributed by atoms with Crippen LogP contribution in [0.15, 0.2) is 43.0 Å². The second-order valence-electron chi connectivity index (χ2n) is 6.03. The van der Waals surface area contributed by atoms with Crippen LogP contribution in [0.1, 0.15) is 12.8 Å². The summed E-state index contributed by atoms with van der Waals surface area (Å²) in [5.74, 6) is 1.38. The Labute approximate surface area is 126 Å². The minimum absolute atomic E-state index is 0.121. The van der Waals surface area contributed by atoms with Gasteiger partial charge in [0, 0.05) is 24.8 Å². The van der Waals surface area contributed by atoms with Gasteiger partial charge in [0.05, 0.1) is 0 Å². The van der Waals surface area contributed by atoms with E-state index in [0.29, 0.717) is 12.0 Å². The highest BCUT2D eigenvalue weighted by atomic mass is 16.2. The molecule has 4 rings (SSSR count). The Morgan fingerprint density at radius 1 is 1.38 bits per heavy atom. The highest BCUT2D eigenvalue weighted by molar-refractivity contribution is 5.89. The zero-order chi connectivity index (χ0) is 14.7. The third-order valence-corrected chi connectivity index (χ3v) is 4.76. The fraction of sp³-hybridized carbons (Fsp3) is 0.471. The Morgan fingerprint density at radius 2 is 2.19 bits per heavy atom. The van der Waals surface area contributed by atoms with Gasteiger partial charge in [0.15, 0.2) is 0 Å². The number of piperidine rings is 3. The van der Waals surface area contributed by atoms with E-state index in [0.717, 1.165) is 31.2 Å². The van der Waals surface area contributed by atoms with Crippen molar-refractivity contribution in [2.45, 2.75) is 18.9 Å². The summed E-state index contributed by atoms with van der Waals surface area (Å²) in [7, 11) is 0. The van der Waals surface area contributed by atoms with Gasteiger partial charge in [-0.15, -0.1) is 6.58 Å². The molecular formula is C17H23N3O. The number of hydrogen-bond donors (Lipinski definition) is 2. The second kappa shape index (κ2) is 6.31. The maximum atomic E-state index is 11.9. The molecule has 3 aliphatic heterocycles. The summed E-state index contributed by atoms with van der Waals surface area (Å²) < 4.78 is 0. The normalized spacial score (nSPS) is 30.7. The highest BCUT2D eigenvalue weighted by Gasteiger charge is 2.38. The van der Waals surface area contributed by atoms with Crippen molar-refractivity contribution in [3.63, 3.8) is 0 Å². The topological polar surface area (TPSA) is 44.4 Å². The molecule has 4 unspecified atom stereocenters. The van der Waals surface area contributed by atoms with Gasteiger partial charge in [-0.1, -0.05) is 24.3 Å². The smallest absolute Gasteiger partial charge is 0.319 e. The van der Waals surface area contributed by atoms with Gasteiger partial charge in [-0.25, -0.2) is 4.79 Å². The van der Waals surface area contributed by atoms with Crippen molar-refractivity contribution >= 4 is 11.7 Å². The lowest BCUT2D eigenvalue weighted by Crippen LogP contribution is -2.56. The van der Waals surface area contributed by atoms with E-state index in [4.69, 9.17) is 0 Å². The van der Waals surface area contributed by atoms with Gasteiger partial charge >= 0.3 is 6.03 Å². The van der Waals surface area contributed by atoms with E-state index in [1.54, 1.807) is 0 Å². The molecule has 3 fully saturated rings. The monoisotopic (exact) mass is 285 g/mol. The summed E-state index contributed by atoms with van der Waals surface area (Å²) in [6.45, 7) is 6.92. The van der Waals surface area contributed by atoms with Crippen LogP contribution in [0.4, 0.5) is 10.5 Å². The molecule has 0 spiro atoms. The number of benzene rings is 1. The molecule has 3 heterocycles. The minimum Gasteiger partial charge on any atom is -0.336 e. The summed E-state index contributed by atoms with van der Waals surface area (Å²) in [4.78, 5) is 14.4. The molecule has 3 aliphatic rings. The van der Waals surface area contributed by atoms with E-state index in [1.165, 1.54) is 12.8 Å². The van der Waals surface area contributed by atoms with Crippen LogP contribution in [-0.4, -0.2) is 36.6 Å². The Hall–Kier alpha value is -1.81. The summed E-state index contributed by atoms with van der Waals surface area (Å²) in [6.07, 6.45) is 4.54. The minimum atomic E-state index is -0.121. The number of para-hydroxylation sites is 1. The average Bonchev–Trinajstić information content (AvgIpc) is 2.54. The van der Waals surface area contributed by atoms with Crippen molar-refractivity contribution in [2.24, 2.45) is 11.8 Å².